The van der Waals surface area contributed by atoms with E-state index in [1.54, 1.807) is 5.57 Å². The summed E-state index contributed by atoms with van der Waals surface area (Å²) in [4.78, 5) is 0. The number of hydrogen-bond donors (Lipinski definition) is 1. The molecule has 0 spiro atoms. The van der Waals surface area contributed by atoms with Gasteiger partial charge in [-0.3, -0.25) is 0 Å². The summed E-state index contributed by atoms with van der Waals surface area (Å²) >= 11 is 0. The Morgan fingerprint density at radius 2 is 1.91 bits per heavy atom. The molecule has 0 aromatic heterocycles. The van der Waals surface area contributed by atoms with Crippen LogP contribution in [0.4, 0.5) is 0 Å². The fraction of sp³-hybridized carbons (Fsp3) is 0.909. The second kappa shape index (κ2) is 6.54. The Hall–Kier alpha value is -0.300. The van der Waals surface area contributed by atoms with Crippen LogP contribution in [-0.4, -0.2) is 10.7 Å². The zero-order valence-corrected chi connectivity index (χ0v) is 16.7. The highest BCUT2D eigenvalue weighted by atomic mass is 16.3. The first-order valence-electron chi connectivity index (χ1n) is 9.90. The zero-order valence-electron chi connectivity index (χ0n) is 16.7. The van der Waals surface area contributed by atoms with Crippen LogP contribution in [0.1, 0.15) is 93.4 Å². The van der Waals surface area contributed by atoms with E-state index in [9.17, 15) is 5.11 Å². The maximum Gasteiger partial charge on any atom is 0.0642 e. The minimum Gasteiger partial charge on any atom is -0.390 e. The summed E-state index contributed by atoms with van der Waals surface area (Å²) in [7, 11) is 0. The molecular weight excluding hydrogens is 280 g/mol. The van der Waals surface area contributed by atoms with Gasteiger partial charge in [-0.05, 0) is 94.3 Å². The Labute approximate surface area is 144 Å². The molecule has 0 saturated heterocycles. The van der Waals surface area contributed by atoms with Crippen LogP contribution in [-0.2, 0) is 0 Å². The summed E-state index contributed by atoms with van der Waals surface area (Å²) < 4.78 is 0. The first-order chi connectivity index (χ1) is 10.5. The highest BCUT2D eigenvalue weighted by Crippen LogP contribution is 2.60. The lowest BCUT2D eigenvalue weighted by atomic mass is 9.60. The third-order valence-corrected chi connectivity index (χ3v) is 7.98. The van der Waals surface area contributed by atoms with Crippen molar-refractivity contribution in [3.05, 3.63) is 11.6 Å². The molecule has 2 aliphatic carbocycles. The minimum atomic E-state index is -0.599. The largest absolute Gasteiger partial charge is 0.390 e. The third kappa shape index (κ3) is 3.55. The molecule has 0 amide bonds. The summed E-state index contributed by atoms with van der Waals surface area (Å²) in [6, 6.07) is 0. The smallest absolute Gasteiger partial charge is 0.0642 e. The van der Waals surface area contributed by atoms with Gasteiger partial charge in [0.25, 0.3) is 0 Å². The molecule has 0 radical (unpaired) electrons. The molecule has 0 bridgehead atoms. The molecule has 0 aliphatic heterocycles. The van der Waals surface area contributed by atoms with Crippen LogP contribution in [0, 0.1) is 28.6 Å². The van der Waals surface area contributed by atoms with Gasteiger partial charge in [0, 0.05) is 0 Å². The molecule has 2 rings (SSSR count). The molecule has 1 N–H and O–H groups in total. The second-order valence-corrected chi connectivity index (χ2v) is 9.92. The molecule has 4 atom stereocenters. The molecule has 1 heteroatoms. The fourth-order valence-corrected chi connectivity index (χ4v) is 5.46. The van der Waals surface area contributed by atoms with E-state index in [0.29, 0.717) is 5.41 Å². The molecule has 2 saturated carbocycles. The van der Waals surface area contributed by atoms with Crippen LogP contribution in [0.25, 0.3) is 0 Å². The maximum atomic E-state index is 10.4. The van der Waals surface area contributed by atoms with Crippen molar-refractivity contribution < 1.29 is 5.11 Å². The van der Waals surface area contributed by atoms with Gasteiger partial charge in [0.05, 0.1) is 5.60 Å². The number of fused-ring (bicyclic) bond motifs is 1. The van der Waals surface area contributed by atoms with Gasteiger partial charge in [0.15, 0.2) is 0 Å². The highest BCUT2D eigenvalue weighted by Gasteiger charge is 2.50. The average molecular weight is 321 g/mol. The van der Waals surface area contributed by atoms with Gasteiger partial charge < -0.3 is 5.11 Å². The van der Waals surface area contributed by atoms with Crippen molar-refractivity contribution in [2.24, 2.45) is 28.6 Å². The lowest BCUT2D eigenvalue weighted by Crippen LogP contribution is -2.40. The molecule has 2 aliphatic rings. The van der Waals surface area contributed by atoms with E-state index in [0.717, 1.165) is 24.2 Å². The lowest BCUT2D eigenvalue weighted by molar-refractivity contribution is -0.0445. The van der Waals surface area contributed by atoms with Crippen molar-refractivity contribution in [3.63, 3.8) is 0 Å². The molecule has 2 fully saturated rings. The Morgan fingerprint density at radius 3 is 2.48 bits per heavy atom. The SMILES string of the molecule is C/C=C1\CCCC2(C)C1CC[C@@H]2C(C)CCC(C)(C)C(C)(C)O. The van der Waals surface area contributed by atoms with E-state index in [1.807, 2.05) is 13.8 Å². The monoisotopic (exact) mass is 320 g/mol. The van der Waals surface area contributed by atoms with Crippen molar-refractivity contribution >= 4 is 0 Å². The Bertz CT molecular complexity index is 439. The van der Waals surface area contributed by atoms with Gasteiger partial charge in [-0.1, -0.05) is 39.3 Å². The highest BCUT2D eigenvalue weighted by molar-refractivity contribution is 5.17. The zero-order chi connectivity index (χ0) is 17.5. The van der Waals surface area contributed by atoms with Crippen LogP contribution in [0.3, 0.4) is 0 Å². The van der Waals surface area contributed by atoms with E-state index in [1.165, 1.54) is 38.5 Å². The quantitative estimate of drug-likeness (QED) is 0.584. The first-order valence-corrected chi connectivity index (χ1v) is 9.90. The van der Waals surface area contributed by atoms with Gasteiger partial charge >= 0.3 is 0 Å². The molecule has 134 valence electrons. The predicted molar refractivity (Wildman–Crippen MR) is 100 cm³/mol. The Balaban J connectivity index is 2.05. The minimum absolute atomic E-state index is 0.0127. The number of rotatable bonds is 5. The molecule has 0 heterocycles. The molecule has 0 aromatic rings. The standard InChI is InChI=1S/C22H40O/c1-8-17-10-9-14-22(7)18(11-12-19(17)22)16(2)13-15-20(3,4)21(5,6)23/h8,16,18-19,23H,9-15H2,1-7H3/b17-8+/t16?,18-,19?,22?/m1/s1. The second-order valence-electron chi connectivity index (χ2n) is 9.92. The third-order valence-electron chi connectivity index (χ3n) is 7.98. The van der Waals surface area contributed by atoms with E-state index in [2.05, 4.69) is 40.7 Å². The van der Waals surface area contributed by atoms with E-state index in [-0.39, 0.29) is 5.41 Å². The van der Waals surface area contributed by atoms with Crippen molar-refractivity contribution in [2.75, 3.05) is 0 Å². The summed E-state index contributed by atoms with van der Waals surface area (Å²) in [6.45, 7) is 15.7. The molecule has 0 aromatic carbocycles. The molecule has 1 nitrogen and oxygen atoms in total. The number of aliphatic hydroxyl groups is 1. The van der Waals surface area contributed by atoms with Gasteiger partial charge in [-0.2, -0.15) is 0 Å². The summed E-state index contributed by atoms with van der Waals surface area (Å²) in [6.07, 6.45) is 11.7. The molecular formula is C22H40O. The van der Waals surface area contributed by atoms with Crippen LogP contribution in [0.5, 0.6) is 0 Å². The fourth-order valence-electron chi connectivity index (χ4n) is 5.46. The topological polar surface area (TPSA) is 20.2 Å². The van der Waals surface area contributed by atoms with E-state index < -0.39 is 5.60 Å². The van der Waals surface area contributed by atoms with Crippen LogP contribution >= 0.6 is 0 Å². The maximum absolute atomic E-state index is 10.4. The van der Waals surface area contributed by atoms with Crippen LogP contribution in [0.15, 0.2) is 11.6 Å². The van der Waals surface area contributed by atoms with Crippen molar-refractivity contribution in [1.29, 1.82) is 0 Å². The average Bonchev–Trinajstić information content (AvgIpc) is 2.80. The molecule has 23 heavy (non-hydrogen) atoms. The van der Waals surface area contributed by atoms with Crippen molar-refractivity contribution in [1.82, 2.24) is 0 Å². The van der Waals surface area contributed by atoms with Gasteiger partial charge in [0.1, 0.15) is 0 Å². The van der Waals surface area contributed by atoms with Gasteiger partial charge in [-0.25, -0.2) is 0 Å². The van der Waals surface area contributed by atoms with Crippen LogP contribution < -0.4 is 0 Å². The first kappa shape index (κ1) is 19.0. The Kier molecular flexibility index (Phi) is 5.41. The Morgan fingerprint density at radius 1 is 1.26 bits per heavy atom. The molecule has 3 unspecified atom stereocenters. The van der Waals surface area contributed by atoms with Crippen LogP contribution in [0.2, 0.25) is 0 Å². The van der Waals surface area contributed by atoms with Crippen molar-refractivity contribution in [3.8, 4) is 0 Å². The summed E-state index contributed by atoms with van der Waals surface area (Å²) in [5.74, 6) is 2.47. The lowest BCUT2D eigenvalue weighted by Gasteiger charge is -2.45. The summed E-state index contributed by atoms with van der Waals surface area (Å²) in [5, 5.41) is 10.4. The van der Waals surface area contributed by atoms with Gasteiger partial charge in [-0.15, -0.1) is 0 Å². The number of allylic oxidation sites excluding steroid dienone is 2. The van der Waals surface area contributed by atoms with Crippen molar-refractivity contribution in [2.45, 2.75) is 99.0 Å². The normalized spacial score (nSPS) is 35.4. The van der Waals surface area contributed by atoms with Gasteiger partial charge in [0.2, 0.25) is 0 Å². The number of hydrogen-bond acceptors (Lipinski definition) is 1. The summed E-state index contributed by atoms with van der Waals surface area (Å²) in [5.41, 5.74) is 1.66. The van der Waals surface area contributed by atoms with E-state index >= 15 is 0 Å². The van der Waals surface area contributed by atoms with E-state index in [4.69, 9.17) is 0 Å². The predicted octanol–water partition coefficient (Wildman–Crippen LogP) is 6.36.